The molecule has 1 aromatic rings. The highest BCUT2D eigenvalue weighted by atomic mass is 16.7. The lowest BCUT2D eigenvalue weighted by Gasteiger charge is -2.10. The van der Waals surface area contributed by atoms with Gasteiger partial charge in [-0.2, -0.15) is 5.26 Å². The van der Waals surface area contributed by atoms with Crippen LogP contribution in [0, 0.1) is 11.5 Å². The predicted molar refractivity (Wildman–Crippen MR) is 74.4 cm³/mol. The molecule has 0 atom stereocenters. The average molecular weight is 256 g/mol. The summed E-state index contributed by atoms with van der Waals surface area (Å²) in [5.41, 5.74) is 0. The fraction of sp³-hybridized carbons (Fsp3) is 0.200. The summed E-state index contributed by atoms with van der Waals surface area (Å²) < 4.78 is 10.8. The van der Waals surface area contributed by atoms with Crippen molar-refractivity contribution in [2.24, 2.45) is 4.99 Å². The van der Waals surface area contributed by atoms with Crippen LogP contribution >= 0.6 is 0 Å². The van der Waals surface area contributed by atoms with Crippen LogP contribution in [0.5, 0.6) is 5.75 Å². The Hall–Kier alpha value is -2.54. The average Bonchev–Trinajstić information content (AvgIpc) is 2.41. The van der Waals surface area contributed by atoms with Crippen molar-refractivity contribution < 1.29 is 9.47 Å². The molecule has 0 radical (unpaired) electrons. The Morgan fingerprint density at radius 3 is 2.58 bits per heavy atom. The third-order valence-corrected chi connectivity index (χ3v) is 2.26. The van der Waals surface area contributed by atoms with Crippen molar-refractivity contribution in [1.82, 2.24) is 0 Å². The summed E-state index contributed by atoms with van der Waals surface area (Å²) in [4.78, 5) is 3.52. The van der Waals surface area contributed by atoms with Gasteiger partial charge in [0.1, 0.15) is 11.5 Å². The summed E-state index contributed by atoms with van der Waals surface area (Å²) >= 11 is 0. The second kappa shape index (κ2) is 7.72. The zero-order valence-corrected chi connectivity index (χ0v) is 9.74. The summed E-state index contributed by atoms with van der Waals surface area (Å²) in [6.45, 7) is 0. The third kappa shape index (κ3) is 4.68. The van der Waals surface area contributed by atoms with E-state index in [2.05, 4.69) is 4.99 Å². The Morgan fingerprint density at radius 1 is 1.16 bits per heavy atom. The number of allylic oxidation sites excluding steroid dienone is 3. The van der Waals surface area contributed by atoms with Crippen LogP contribution in [0.4, 0.5) is 0 Å². The molecule has 0 saturated carbocycles. The lowest BCUT2D eigenvalue weighted by molar-refractivity contribution is 0.318. The van der Waals surface area contributed by atoms with Crippen molar-refractivity contribution in [3.8, 4) is 11.9 Å². The van der Waals surface area contributed by atoms with E-state index in [4.69, 9.17) is 14.7 Å². The summed E-state index contributed by atoms with van der Waals surface area (Å²) in [6, 6.07) is 9.07. The molecule has 1 aliphatic rings. The first kappa shape index (κ1) is 14.5. The van der Waals surface area contributed by atoms with Gasteiger partial charge >= 0.3 is 6.08 Å². The Morgan fingerprint density at radius 2 is 1.95 bits per heavy atom. The maximum atomic E-state index is 8.61. The lowest BCUT2D eigenvalue weighted by Crippen LogP contribution is -2.12. The van der Waals surface area contributed by atoms with Crippen molar-refractivity contribution in [2.75, 3.05) is 0 Å². The summed E-state index contributed by atoms with van der Waals surface area (Å²) in [5, 5.41) is 8.61. The first-order chi connectivity index (χ1) is 8.88. The number of hydrogen-bond donors (Lipinski definition) is 0. The van der Waals surface area contributed by atoms with E-state index in [0.717, 1.165) is 12.8 Å². The fourth-order valence-electron chi connectivity index (χ4n) is 1.46. The molecule has 98 valence electrons. The van der Waals surface area contributed by atoms with E-state index in [9.17, 15) is 0 Å². The summed E-state index contributed by atoms with van der Waals surface area (Å²) in [7, 11) is 0. The second-order valence-corrected chi connectivity index (χ2v) is 3.58. The van der Waals surface area contributed by atoms with E-state index in [1.54, 1.807) is 18.3 Å². The van der Waals surface area contributed by atoms with Crippen LogP contribution < -0.4 is 4.74 Å². The Balaban J connectivity index is 0.00000180. The van der Waals surface area contributed by atoms with E-state index < -0.39 is 0 Å². The van der Waals surface area contributed by atoms with Gasteiger partial charge < -0.3 is 9.47 Å². The Kier molecular flexibility index (Phi) is 5.90. The Bertz CT molecular complexity index is 525. The molecule has 4 nitrogen and oxygen atoms in total. The fourth-order valence-corrected chi connectivity index (χ4v) is 1.46. The van der Waals surface area contributed by atoms with E-state index >= 15 is 0 Å². The van der Waals surface area contributed by atoms with Crippen molar-refractivity contribution in [1.29, 1.82) is 5.26 Å². The maximum absolute atomic E-state index is 8.61. The molecule has 1 aliphatic carbocycles. The molecule has 0 amide bonds. The normalized spacial score (nSPS) is 13.8. The largest absolute Gasteiger partial charge is 0.411 e. The highest BCUT2D eigenvalue weighted by Crippen LogP contribution is 2.14. The number of ether oxygens (including phenoxy) is 2. The highest BCUT2D eigenvalue weighted by Gasteiger charge is 2.08. The molecule has 0 heterocycles. The van der Waals surface area contributed by atoms with Crippen LogP contribution in [0.1, 0.15) is 20.3 Å². The number of aliphatic imine (C=N–C) groups is 1. The number of rotatable bonds is 2. The molecular weight excluding hydrogens is 240 g/mol. The van der Waals surface area contributed by atoms with Crippen LogP contribution in [0.15, 0.2) is 59.3 Å². The summed E-state index contributed by atoms with van der Waals surface area (Å²) in [6.07, 6.45) is 9.28. The summed E-state index contributed by atoms with van der Waals surface area (Å²) in [5.74, 6) is 1.22. The van der Waals surface area contributed by atoms with E-state index in [1.165, 1.54) is 0 Å². The van der Waals surface area contributed by atoms with E-state index in [-0.39, 0.29) is 13.5 Å². The zero-order valence-electron chi connectivity index (χ0n) is 9.74. The number of nitrogens with zero attached hydrogens (tertiary/aromatic N) is 2. The van der Waals surface area contributed by atoms with Crippen molar-refractivity contribution in [3.05, 3.63) is 54.3 Å². The second-order valence-electron chi connectivity index (χ2n) is 3.58. The van der Waals surface area contributed by atoms with Gasteiger partial charge in [0, 0.05) is 0 Å². The standard InChI is InChI=1S/C14H12N2O2.CH4/c15-11-16-14(17-12-7-3-1-4-8-12)18-13-9-5-2-6-10-13;/h1,3-5,7-10H,2,6H2;1H4. The third-order valence-electron chi connectivity index (χ3n) is 2.26. The van der Waals surface area contributed by atoms with Crippen LogP contribution in [-0.4, -0.2) is 6.08 Å². The van der Waals surface area contributed by atoms with Gasteiger partial charge in [-0.3, -0.25) is 0 Å². The Labute approximate surface area is 113 Å². The molecule has 0 aliphatic heterocycles. The minimum Gasteiger partial charge on any atom is -0.411 e. The van der Waals surface area contributed by atoms with Crippen LogP contribution in [0.2, 0.25) is 0 Å². The van der Waals surface area contributed by atoms with Crippen LogP contribution in [-0.2, 0) is 4.74 Å². The van der Waals surface area contributed by atoms with Crippen molar-refractivity contribution in [3.63, 3.8) is 0 Å². The van der Waals surface area contributed by atoms with Gasteiger partial charge in [0.2, 0.25) is 6.19 Å². The molecule has 19 heavy (non-hydrogen) atoms. The van der Waals surface area contributed by atoms with Gasteiger partial charge in [-0.1, -0.05) is 36.7 Å². The molecule has 0 fully saturated rings. The predicted octanol–water partition coefficient (Wildman–Crippen LogP) is 3.79. The first-order valence-corrected chi connectivity index (χ1v) is 5.63. The van der Waals surface area contributed by atoms with E-state index in [0.29, 0.717) is 11.5 Å². The number of benzene rings is 1. The number of nitriles is 1. The number of para-hydroxylation sites is 1. The molecule has 0 aromatic heterocycles. The molecule has 1 aromatic carbocycles. The highest BCUT2D eigenvalue weighted by molar-refractivity contribution is 5.72. The molecule has 4 heteroatoms. The van der Waals surface area contributed by atoms with Gasteiger partial charge in [-0.05, 0) is 37.1 Å². The van der Waals surface area contributed by atoms with Crippen LogP contribution in [0.25, 0.3) is 0 Å². The molecule has 0 saturated heterocycles. The molecule has 2 rings (SSSR count). The minimum atomic E-state index is -0.0681. The van der Waals surface area contributed by atoms with Gasteiger partial charge in [0.25, 0.3) is 0 Å². The van der Waals surface area contributed by atoms with Gasteiger partial charge in [-0.25, -0.2) is 0 Å². The topological polar surface area (TPSA) is 54.6 Å². The minimum absolute atomic E-state index is 0. The van der Waals surface area contributed by atoms with Crippen LogP contribution in [0.3, 0.4) is 0 Å². The maximum Gasteiger partial charge on any atom is 0.410 e. The molecule has 0 spiro atoms. The molecule has 0 bridgehead atoms. The monoisotopic (exact) mass is 256 g/mol. The SMILES string of the molecule is C.N#CN=C(OC1=CCCC=C1)Oc1ccccc1. The van der Waals surface area contributed by atoms with E-state index in [1.807, 2.05) is 36.4 Å². The number of hydrogen-bond acceptors (Lipinski definition) is 4. The molecule has 0 unspecified atom stereocenters. The van der Waals surface area contributed by atoms with Crippen molar-refractivity contribution >= 4 is 6.08 Å². The van der Waals surface area contributed by atoms with Gasteiger partial charge in [0.05, 0.1) is 0 Å². The van der Waals surface area contributed by atoms with Crippen molar-refractivity contribution in [2.45, 2.75) is 20.3 Å². The zero-order chi connectivity index (χ0) is 12.6. The van der Waals surface area contributed by atoms with Gasteiger partial charge in [-0.15, -0.1) is 0 Å². The first-order valence-electron chi connectivity index (χ1n) is 5.63. The molecular formula is C15H16N2O2. The molecule has 0 N–H and O–H groups in total. The lowest BCUT2D eigenvalue weighted by atomic mass is 10.2. The van der Waals surface area contributed by atoms with Gasteiger partial charge in [0.15, 0.2) is 0 Å². The smallest absolute Gasteiger partial charge is 0.410 e. The quantitative estimate of drug-likeness (QED) is 0.459.